The number of carboxylic acids is 1. The Morgan fingerprint density at radius 1 is 1.21 bits per heavy atom. The van der Waals surface area contributed by atoms with Gasteiger partial charge in [-0.15, -0.1) is 0 Å². The number of aliphatic carboxylic acids is 1. The number of unbranched alkanes of at least 4 members (excludes halogenated alkanes) is 2. The number of rotatable bonds is 10. The van der Waals surface area contributed by atoms with Gasteiger partial charge < -0.3 is 20.9 Å². The topological polar surface area (TPSA) is 119 Å². The average Bonchev–Trinajstić information content (AvgIpc) is 2.38. The van der Waals surface area contributed by atoms with E-state index in [-0.39, 0.29) is 25.2 Å². The van der Waals surface area contributed by atoms with E-state index in [1.807, 2.05) is 0 Å². The van der Waals surface area contributed by atoms with Crippen molar-refractivity contribution in [3.8, 4) is 0 Å². The summed E-state index contributed by atoms with van der Waals surface area (Å²) in [4.78, 5) is 32.6. The predicted molar refractivity (Wildman–Crippen MR) is 68.3 cm³/mol. The molecule has 0 rings (SSSR count). The molecule has 1 atom stereocenters. The smallest absolute Gasteiger partial charge is 0.322 e. The number of nitrogens with one attached hydrogen (secondary N) is 1. The molecule has 0 heterocycles. The van der Waals surface area contributed by atoms with Gasteiger partial charge in [-0.05, 0) is 19.3 Å². The van der Waals surface area contributed by atoms with Crippen molar-refractivity contribution in [2.24, 2.45) is 5.73 Å². The summed E-state index contributed by atoms with van der Waals surface area (Å²) in [6, 6.07) is -0.772. The Bertz CT molecular complexity index is 306. The summed E-state index contributed by atoms with van der Waals surface area (Å²) in [7, 11) is 1.25. The van der Waals surface area contributed by atoms with Crippen molar-refractivity contribution in [2.45, 2.75) is 44.6 Å². The number of carboxylic acid groups (broad SMARTS) is 1. The van der Waals surface area contributed by atoms with Crippen LogP contribution >= 0.6 is 0 Å². The highest BCUT2D eigenvalue weighted by atomic mass is 16.5. The molecule has 1 amide bonds. The Labute approximate surface area is 112 Å². The van der Waals surface area contributed by atoms with Gasteiger partial charge >= 0.3 is 11.9 Å². The second-order valence-corrected chi connectivity index (χ2v) is 4.22. The van der Waals surface area contributed by atoms with Gasteiger partial charge in [-0.2, -0.15) is 0 Å². The summed E-state index contributed by atoms with van der Waals surface area (Å²) >= 11 is 0. The molecule has 1 unspecified atom stereocenters. The zero-order chi connectivity index (χ0) is 14.7. The van der Waals surface area contributed by atoms with Crippen LogP contribution in [0.1, 0.15) is 38.5 Å². The van der Waals surface area contributed by atoms with Gasteiger partial charge in [0.1, 0.15) is 6.04 Å². The highest BCUT2D eigenvalue weighted by molar-refractivity contribution is 5.79. The van der Waals surface area contributed by atoms with Crippen molar-refractivity contribution in [2.75, 3.05) is 13.7 Å². The van der Waals surface area contributed by atoms with Crippen molar-refractivity contribution in [1.29, 1.82) is 0 Å². The summed E-state index contributed by atoms with van der Waals surface area (Å²) in [5.74, 6) is -1.50. The van der Waals surface area contributed by atoms with E-state index in [4.69, 9.17) is 10.8 Å². The molecule has 0 radical (unpaired) electrons. The van der Waals surface area contributed by atoms with Gasteiger partial charge in [0.2, 0.25) is 5.91 Å². The number of esters is 1. The maximum absolute atomic E-state index is 11.4. The normalized spacial score (nSPS) is 11.7. The highest BCUT2D eigenvalue weighted by Gasteiger charge is 2.14. The fourth-order valence-corrected chi connectivity index (χ4v) is 1.45. The molecule has 7 nitrogen and oxygen atoms in total. The lowest BCUT2D eigenvalue weighted by molar-refractivity contribution is -0.142. The van der Waals surface area contributed by atoms with Gasteiger partial charge in [0, 0.05) is 19.4 Å². The molecule has 0 spiro atoms. The second-order valence-electron chi connectivity index (χ2n) is 4.22. The maximum Gasteiger partial charge on any atom is 0.322 e. The van der Waals surface area contributed by atoms with Crippen LogP contribution in [0.4, 0.5) is 0 Å². The molecule has 0 aliphatic heterocycles. The Hall–Kier alpha value is -1.63. The number of carbonyl (C=O) groups excluding carboxylic acids is 2. The molecular formula is C12H22N2O5. The van der Waals surface area contributed by atoms with E-state index in [9.17, 15) is 14.4 Å². The van der Waals surface area contributed by atoms with Gasteiger partial charge in [0.05, 0.1) is 7.11 Å². The van der Waals surface area contributed by atoms with Crippen LogP contribution in [0.2, 0.25) is 0 Å². The first-order chi connectivity index (χ1) is 8.97. The molecule has 0 aromatic rings. The summed E-state index contributed by atoms with van der Waals surface area (Å²) in [5, 5.41) is 11.1. The molecule has 110 valence electrons. The number of hydrogen-bond acceptors (Lipinski definition) is 5. The van der Waals surface area contributed by atoms with E-state index in [1.165, 1.54) is 7.11 Å². The standard InChI is InChI=1S/C12H22N2O5/c1-19-12(18)9(13)6-7-10(15)14-8-4-2-3-5-11(16)17/h9H,2-8,13H2,1H3,(H,14,15)(H,16,17). The summed E-state index contributed by atoms with van der Waals surface area (Å²) < 4.78 is 4.45. The number of amides is 1. The summed E-state index contributed by atoms with van der Waals surface area (Å²) in [5.41, 5.74) is 5.49. The molecule has 0 saturated heterocycles. The van der Waals surface area contributed by atoms with Crippen molar-refractivity contribution in [3.05, 3.63) is 0 Å². The Morgan fingerprint density at radius 2 is 1.89 bits per heavy atom. The number of ether oxygens (including phenoxy) is 1. The Kier molecular flexibility index (Phi) is 9.42. The fourth-order valence-electron chi connectivity index (χ4n) is 1.45. The third-order valence-electron chi connectivity index (χ3n) is 2.58. The van der Waals surface area contributed by atoms with E-state index in [0.717, 1.165) is 12.8 Å². The highest BCUT2D eigenvalue weighted by Crippen LogP contribution is 2.00. The minimum absolute atomic E-state index is 0.155. The molecule has 0 saturated carbocycles. The first-order valence-electron chi connectivity index (χ1n) is 6.29. The first kappa shape index (κ1) is 17.4. The monoisotopic (exact) mass is 274 g/mol. The minimum Gasteiger partial charge on any atom is -0.481 e. The number of nitrogens with two attached hydrogens (primary N) is 1. The molecule has 0 aliphatic carbocycles. The third kappa shape index (κ3) is 10.0. The number of hydrogen-bond donors (Lipinski definition) is 3. The van der Waals surface area contributed by atoms with Crippen molar-refractivity contribution < 1.29 is 24.2 Å². The van der Waals surface area contributed by atoms with Crippen LogP contribution in [-0.2, 0) is 19.1 Å². The van der Waals surface area contributed by atoms with Crippen LogP contribution in [0.15, 0.2) is 0 Å². The SMILES string of the molecule is COC(=O)C(N)CCC(=O)NCCCCCC(=O)O. The van der Waals surface area contributed by atoms with Crippen LogP contribution in [0.3, 0.4) is 0 Å². The van der Waals surface area contributed by atoms with Gasteiger partial charge in [-0.3, -0.25) is 14.4 Å². The van der Waals surface area contributed by atoms with E-state index < -0.39 is 18.0 Å². The molecule has 4 N–H and O–H groups in total. The van der Waals surface area contributed by atoms with E-state index in [1.54, 1.807) is 0 Å². The molecule has 0 aliphatic rings. The quantitative estimate of drug-likeness (QED) is 0.382. The number of methoxy groups -OCH3 is 1. The maximum atomic E-state index is 11.4. The minimum atomic E-state index is -0.805. The molecule has 0 aromatic carbocycles. The summed E-state index contributed by atoms with van der Waals surface area (Å²) in [6.45, 7) is 0.506. The second kappa shape index (κ2) is 10.3. The van der Waals surface area contributed by atoms with Gasteiger partial charge in [0.15, 0.2) is 0 Å². The third-order valence-corrected chi connectivity index (χ3v) is 2.58. The zero-order valence-electron chi connectivity index (χ0n) is 11.2. The molecule has 7 heteroatoms. The van der Waals surface area contributed by atoms with E-state index in [2.05, 4.69) is 10.1 Å². The van der Waals surface area contributed by atoms with Crippen molar-refractivity contribution in [3.63, 3.8) is 0 Å². The molecule has 0 fully saturated rings. The molecular weight excluding hydrogens is 252 g/mol. The molecule has 0 aromatic heterocycles. The van der Waals surface area contributed by atoms with Crippen LogP contribution in [0.25, 0.3) is 0 Å². The van der Waals surface area contributed by atoms with Gasteiger partial charge in [0.25, 0.3) is 0 Å². The first-order valence-corrected chi connectivity index (χ1v) is 6.29. The number of carbonyl (C=O) groups is 3. The van der Waals surface area contributed by atoms with Gasteiger partial charge in [-0.1, -0.05) is 6.42 Å². The average molecular weight is 274 g/mol. The lowest BCUT2D eigenvalue weighted by Gasteiger charge is -2.09. The Morgan fingerprint density at radius 3 is 2.47 bits per heavy atom. The van der Waals surface area contributed by atoms with E-state index >= 15 is 0 Å². The van der Waals surface area contributed by atoms with Crippen LogP contribution in [0, 0.1) is 0 Å². The van der Waals surface area contributed by atoms with Crippen LogP contribution in [0.5, 0.6) is 0 Å². The van der Waals surface area contributed by atoms with Crippen LogP contribution < -0.4 is 11.1 Å². The van der Waals surface area contributed by atoms with E-state index in [0.29, 0.717) is 13.0 Å². The zero-order valence-corrected chi connectivity index (χ0v) is 11.2. The lowest BCUT2D eigenvalue weighted by Crippen LogP contribution is -2.34. The summed E-state index contributed by atoms with van der Waals surface area (Å²) in [6.07, 6.45) is 2.68. The molecule has 19 heavy (non-hydrogen) atoms. The van der Waals surface area contributed by atoms with Crippen molar-refractivity contribution >= 4 is 17.8 Å². The lowest BCUT2D eigenvalue weighted by atomic mass is 10.1. The van der Waals surface area contributed by atoms with Crippen LogP contribution in [-0.4, -0.2) is 42.6 Å². The van der Waals surface area contributed by atoms with Gasteiger partial charge in [-0.25, -0.2) is 0 Å². The molecule has 0 bridgehead atoms. The Balaban J connectivity index is 3.49. The van der Waals surface area contributed by atoms with Crippen molar-refractivity contribution in [1.82, 2.24) is 5.32 Å². The fraction of sp³-hybridized carbons (Fsp3) is 0.750. The predicted octanol–water partition coefficient (Wildman–Crippen LogP) is 0.0281. The largest absolute Gasteiger partial charge is 0.481 e.